The van der Waals surface area contributed by atoms with E-state index < -0.39 is 0 Å². The summed E-state index contributed by atoms with van der Waals surface area (Å²) in [5.74, 6) is 1.17. The third kappa shape index (κ3) is 4.05. The van der Waals surface area contributed by atoms with Crippen LogP contribution in [0.4, 0.5) is 0 Å². The molecule has 2 heterocycles. The molecule has 0 saturated carbocycles. The van der Waals surface area contributed by atoms with Gasteiger partial charge in [-0.25, -0.2) is 4.98 Å². The van der Waals surface area contributed by atoms with Crippen LogP contribution in [0.5, 0.6) is 11.5 Å². The minimum atomic E-state index is -0.298. The van der Waals surface area contributed by atoms with Crippen LogP contribution in [0.1, 0.15) is 6.92 Å². The molecule has 0 bridgehead atoms. The number of benzene rings is 2. The highest BCUT2D eigenvalue weighted by Gasteiger charge is 2.25. The third-order valence-corrected chi connectivity index (χ3v) is 5.05. The van der Waals surface area contributed by atoms with Crippen molar-refractivity contribution >= 4 is 28.4 Å². The summed E-state index contributed by atoms with van der Waals surface area (Å²) >= 11 is 5.99. The summed E-state index contributed by atoms with van der Waals surface area (Å²) in [4.78, 5) is 31.4. The van der Waals surface area contributed by atoms with Crippen molar-refractivity contribution in [3.63, 3.8) is 0 Å². The van der Waals surface area contributed by atoms with Crippen LogP contribution < -0.4 is 15.0 Å². The second-order valence-corrected chi connectivity index (χ2v) is 7.21. The Morgan fingerprint density at radius 1 is 1.28 bits per heavy atom. The molecule has 1 atom stereocenters. The number of halogens is 1. The monoisotopic (exact) mass is 413 g/mol. The Morgan fingerprint density at radius 2 is 2.07 bits per heavy atom. The Bertz CT molecular complexity index is 1110. The minimum absolute atomic E-state index is 0.105. The molecule has 1 aliphatic rings. The molecule has 8 heteroatoms. The average Bonchev–Trinajstić information content (AvgIpc) is 2.74. The molecule has 0 aliphatic carbocycles. The first kappa shape index (κ1) is 19.3. The van der Waals surface area contributed by atoms with Crippen molar-refractivity contribution < 1.29 is 14.3 Å². The zero-order valence-corrected chi connectivity index (χ0v) is 16.6. The molecule has 0 unspecified atom stereocenters. The van der Waals surface area contributed by atoms with Crippen LogP contribution in [-0.2, 0) is 11.3 Å². The highest BCUT2D eigenvalue weighted by atomic mass is 35.5. The Hall–Kier alpha value is -3.06. The van der Waals surface area contributed by atoms with Gasteiger partial charge >= 0.3 is 0 Å². The molecular formula is C21H20ClN3O4. The lowest BCUT2D eigenvalue weighted by molar-refractivity contribution is -0.133. The van der Waals surface area contributed by atoms with Gasteiger partial charge < -0.3 is 14.4 Å². The van der Waals surface area contributed by atoms with Gasteiger partial charge in [-0.15, -0.1) is 0 Å². The number of carbonyl (C=O) groups excluding carboxylic acids is 1. The molecule has 1 aliphatic heterocycles. The summed E-state index contributed by atoms with van der Waals surface area (Å²) in [6.07, 6.45) is 1.11. The van der Waals surface area contributed by atoms with Gasteiger partial charge in [0.25, 0.3) is 5.56 Å². The molecule has 7 nitrogen and oxygen atoms in total. The number of para-hydroxylation sites is 2. The van der Waals surface area contributed by atoms with E-state index in [1.165, 1.54) is 10.9 Å². The van der Waals surface area contributed by atoms with Crippen LogP contribution in [0.15, 0.2) is 53.6 Å². The Kier molecular flexibility index (Phi) is 5.40. The lowest BCUT2D eigenvalue weighted by Gasteiger charge is -2.31. The topological polar surface area (TPSA) is 73.7 Å². The molecule has 29 heavy (non-hydrogen) atoms. The van der Waals surface area contributed by atoms with Gasteiger partial charge in [-0.2, -0.15) is 0 Å². The summed E-state index contributed by atoms with van der Waals surface area (Å²) < 4.78 is 13.0. The van der Waals surface area contributed by atoms with Gasteiger partial charge in [0.05, 0.1) is 23.8 Å². The summed E-state index contributed by atoms with van der Waals surface area (Å²) in [7, 11) is 0. The van der Waals surface area contributed by atoms with Crippen LogP contribution in [0.3, 0.4) is 0 Å². The number of carbonyl (C=O) groups is 1. The summed E-state index contributed by atoms with van der Waals surface area (Å²) in [5, 5.41) is 0.835. The number of hydrogen-bond donors (Lipinski definition) is 0. The van der Waals surface area contributed by atoms with E-state index in [-0.39, 0.29) is 24.1 Å². The molecule has 0 N–H and O–H groups in total. The zero-order chi connectivity index (χ0) is 20.4. The quantitative estimate of drug-likeness (QED) is 0.643. The maximum atomic E-state index is 12.8. The van der Waals surface area contributed by atoms with Gasteiger partial charge in [-0.1, -0.05) is 23.7 Å². The molecule has 1 aromatic heterocycles. The van der Waals surface area contributed by atoms with Gasteiger partial charge in [0, 0.05) is 11.6 Å². The Labute approximate surface area is 172 Å². The van der Waals surface area contributed by atoms with E-state index in [2.05, 4.69) is 4.98 Å². The molecule has 150 valence electrons. The van der Waals surface area contributed by atoms with E-state index in [1.54, 1.807) is 23.1 Å². The highest BCUT2D eigenvalue weighted by Crippen LogP contribution is 2.31. The number of hydrogen-bond acceptors (Lipinski definition) is 5. The standard InChI is InChI=1S/C21H20ClN3O4/c1-2-24(10-15-12-28-18-5-3-4-6-19(18)29-15)20(26)11-25-13-23-17-8-7-14(22)9-16(17)21(25)27/h3-9,13,15H,2,10-12H2,1H3/t15-/m1/s1. The Morgan fingerprint density at radius 3 is 2.86 bits per heavy atom. The van der Waals surface area contributed by atoms with Gasteiger partial charge in [0.1, 0.15) is 13.2 Å². The van der Waals surface area contributed by atoms with Crippen molar-refractivity contribution in [2.45, 2.75) is 19.6 Å². The van der Waals surface area contributed by atoms with Crippen LogP contribution in [-0.4, -0.2) is 46.2 Å². The zero-order valence-electron chi connectivity index (χ0n) is 15.9. The van der Waals surface area contributed by atoms with Crippen molar-refractivity contribution in [3.05, 3.63) is 64.2 Å². The number of likely N-dealkylation sites (N-methyl/N-ethyl adjacent to an activating group) is 1. The molecule has 1 amide bonds. The minimum Gasteiger partial charge on any atom is -0.486 e. The maximum Gasteiger partial charge on any atom is 0.261 e. The molecule has 2 aromatic carbocycles. The molecule has 0 saturated heterocycles. The van der Waals surface area contributed by atoms with Crippen molar-refractivity contribution in [3.8, 4) is 11.5 Å². The van der Waals surface area contributed by atoms with E-state index in [9.17, 15) is 9.59 Å². The van der Waals surface area contributed by atoms with E-state index in [0.717, 1.165) is 0 Å². The smallest absolute Gasteiger partial charge is 0.261 e. The van der Waals surface area contributed by atoms with E-state index in [0.29, 0.717) is 47.1 Å². The average molecular weight is 414 g/mol. The van der Waals surface area contributed by atoms with Crippen molar-refractivity contribution in [1.29, 1.82) is 0 Å². The van der Waals surface area contributed by atoms with Crippen LogP contribution in [0.25, 0.3) is 10.9 Å². The van der Waals surface area contributed by atoms with Crippen molar-refractivity contribution in [2.75, 3.05) is 19.7 Å². The van der Waals surface area contributed by atoms with Gasteiger partial charge in [-0.3, -0.25) is 14.2 Å². The highest BCUT2D eigenvalue weighted by molar-refractivity contribution is 6.31. The van der Waals surface area contributed by atoms with Crippen molar-refractivity contribution in [2.24, 2.45) is 0 Å². The second kappa shape index (κ2) is 8.13. The molecule has 0 radical (unpaired) electrons. The number of aromatic nitrogens is 2. The molecule has 0 spiro atoms. The number of fused-ring (bicyclic) bond motifs is 2. The van der Waals surface area contributed by atoms with Gasteiger partial charge in [0.15, 0.2) is 17.6 Å². The predicted octanol–water partition coefficient (Wildman–Crippen LogP) is 2.74. The predicted molar refractivity (Wildman–Crippen MR) is 110 cm³/mol. The fourth-order valence-corrected chi connectivity index (χ4v) is 3.47. The van der Waals surface area contributed by atoms with Crippen LogP contribution in [0, 0.1) is 0 Å². The van der Waals surface area contributed by atoms with Crippen LogP contribution >= 0.6 is 11.6 Å². The van der Waals surface area contributed by atoms with E-state index in [1.807, 2.05) is 31.2 Å². The normalized spacial score (nSPS) is 15.3. The van der Waals surface area contributed by atoms with Gasteiger partial charge in [0.2, 0.25) is 5.91 Å². The first-order valence-corrected chi connectivity index (χ1v) is 9.74. The number of rotatable bonds is 5. The SMILES string of the molecule is CCN(C[C@@H]1COc2ccccc2O1)C(=O)Cn1cnc2ccc(Cl)cc2c1=O. The van der Waals surface area contributed by atoms with E-state index in [4.69, 9.17) is 21.1 Å². The summed E-state index contributed by atoms with van der Waals surface area (Å²) in [6.45, 7) is 2.99. The van der Waals surface area contributed by atoms with Gasteiger partial charge in [-0.05, 0) is 37.3 Å². The summed E-state index contributed by atoms with van der Waals surface area (Å²) in [5.41, 5.74) is 0.245. The molecule has 0 fully saturated rings. The molecular weight excluding hydrogens is 394 g/mol. The lowest BCUT2D eigenvalue weighted by Crippen LogP contribution is -2.45. The lowest BCUT2D eigenvalue weighted by atomic mass is 10.2. The van der Waals surface area contributed by atoms with E-state index >= 15 is 0 Å². The van der Waals surface area contributed by atoms with Crippen LogP contribution in [0.2, 0.25) is 5.02 Å². The number of amides is 1. The number of nitrogens with zero attached hydrogens (tertiary/aromatic N) is 3. The fraction of sp³-hybridized carbons (Fsp3) is 0.286. The largest absolute Gasteiger partial charge is 0.486 e. The third-order valence-electron chi connectivity index (χ3n) is 4.82. The Balaban J connectivity index is 1.48. The number of ether oxygens (including phenoxy) is 2. The first-order valence-electron chi connectivity index (χ1n) is 9.36. The van der Waals surface area contributed by atoms with Crippen molar-refractivity contribution in [1.82, 2.24) is 14.5 Å². The fourth-order valence-electron chi connectivity index (χ4n) is 3.30. The first-order chi connectivity index (χ1) is 14.0. The summed E-state index contributed by atoms with van der Waals surface area (Å²) in [6, 6.07) is 12.4. The molecule has 4 rings (SSSR count). The maximum absolute atomic E-state index is 12.8. The molecule has 3 aromatic rings. The second-order valence-electron chi connectivity index (χ2n) is 6.77.